The fourth-order valence-corrected chi connectivity index (χ4v) is 2.74. The molecule has 0 saturated heterocycles. The average Bonchev–Trinajstić information content (AvgIpc) is 2.69. The molecular weight excluding hydrogens is 338 g/mol. The monoisotopic (exact) mass is 361 g/mol. The molecule has 0 fully saturated rings. The number of anilines is 2. The van der Waals surface area contributed by atoms with Crippen LogP contribution in [-0.2, 0) is 6.54 Å². The number of amides is 1. The maximum absolute atomic E-state index is 12.5. The van der Waals surface area contributed by atoms with E-state index < -0.39 is 0 Å². The van der Waals surface area contributed by atoms with Gasteiger partial charge >= 0.3 is 0 Å². The van der Waals surface area contributed by atoms with E-state index in [9.17, 15) is 4.79 Å². The van der Waals surface area contributed by atoms with Crippen molar-refractivity contribution in [2.45, 2.75) is 20.4 Å². The number of aromatic nitrogens is 1. The summed E-state index contributed by atoms with van der Waals surface area (Å²) in [5.74, 6) is 0.568. The largest absolute Gasteiger partial charge is 0.496 e. The van der Waals surface area contributed by atoms with Gasteiger partial charge in [-0.05, 0) is 49.2 Å². The van der Waals surface area contributed by atoms with Crippen LogP contribution in [-0.4, -0.2) is 18.0 Å². The van der Waals surface area contributed by atoms with Crippen LogP contribution in [0.1, 0.15) is 27.0 Å². The molecular formula is C22H23N3O2. The summed E-state index contributed by atoms with van der Waals surface area (Å²) >= 11 is 0. The number of ether oxygens (including phenoxy) is 1. The van der Waals surface area contributed by atoms with Gasteiger partial charge in [-0.15, -0.1) is 0 Å². The molecule has 2 N–H and O–H groups in total. The molecule has 2 aromatic carbocycles. The van der Waals surface area contributed by atoms with Crippen LogP contribution < -0.4 is 15.4 Å². The minimum absolute atomic E-state index is 0.183. The predicted octanol–water partition coefficient (Wildman–Crippen LogP) is 4.38. The van der Waals surface area contributed by atoms with Crippen molar-refractivity contribution in [2.75, 3.05) is 12.4 Å². The van der Waals surface area contributed by atoms with Crippen molar-refractivity contribution in [3.8, 4) is 5.75 Å². The van der Waals surface area contributed by atoms with Gasteiger partial charge in [0.15, 0.2) is 0 Å². The minimum atomic E-state index is -0.183. The van der Waals surface area contributed by atoms with Crippen LogP contribution in [0.25, 0.3) is 0 Å². The van der Waals surface area contributed by atoms with Crippen LogP contribution in [0.4, 0.5) is 11.4 Å². The molecule has 138 valence electrons. The third kappa shape index (κ3) is 4.64. The van der Waals surface area contributed by atoms with Crippen LogP contribution in [0.15, 0.2) is 60.9 Å². The number of aryl methyl sites for hydroxylation is 2. The van der Waals surface area contributed by atoms with Crippen molar-refractivity contribution in [1.29, 1.82) is 0 Å². The molecule has 1 heterocycles. The molecule has 5 nitrogen and oxygen atoms in total. The number of rotatable bonds is 6. The van der Waals surface area contributed by atoms with E-state index in [0.717, 1.165) is 22.7 Å². The zero-order valence-corrected chi connectivity index (χ0v) is 15.7. The number of carbonyl (C=O) groups excluding carboxylic acids is 1. The molecule has 0 aliphatic carbocycles. The molecule has 0 spiro atoms. The fourth-order valence-electron chi connectivity index (χ4n) is 2.74. The van der Waals surface area contributed by atoms with Crippen molar-refractivity contribution >= 4 is 17.3 Å². The Hall–Kier alpha value is -3.34. The van der Waals surface area contributed by atoms with Gasteiger partial charge in [0.05, 0.1) is 24.6 Å². The summed E-state index contributed by atoms with van der Waals surface area (Å²) in [5, 5.41) is 6.21. The van der Waals surface area contributed by atoms with Gasteiger partial charge in [0.25, 0.3) is 5.91 Å². The lowest BCUT2D eigenvalue weighted by Gasteiger charge is -2.11. The first-order valence-electron chi connectivity index (χ1n) is 8.76. The second-order valence-corrected chi connectivity index (χ2v) is 6.38. The smallest absolute Gasteiger partial charge is 0.253 e. The van der Waals surface area contributed by atoms with Crippen LogP contribution in [0.5, 0.6) is 5.75 Å². The molecule has 1 amide bonds. The number of carbonyl (C=O) groups is 1. The Morgan fingerprint density at radius 3 is 2.59 bits per heavy atom. The Morgan fingerprint density at radius 1 is 1.00 bits per heavy atom. The molecule has 0 atom stereocenters. The van der Waals surface area contributed by atoms with Crippen LogP contribution in [0, 0.1) is 13.8 Å². The first kappa shape index (κ1) is 18.5. The zero-order valence-electron chi connectivity index (χ0n) is 15.7. The van der Waals surface area contributed by atoms with Gasteiger partial charge in [-0.25, -0.2) is 0 Å². The van der Waals surface area contributed by atoms with Gasteiger partial charge in [-0.2, -0.15) is 0 Å². The minimum Gasteiger partial charge on any atom is -0.496 e. The molecule has 0 unspecified atom stereocenters. The summed E-state index contributed by atoms with van der Waals surface area (Å²) in [4.78, 5) is 16.7. The number of hydrogen-bond acceptors (Lipinski definition) is 4. The first-order valence-corrected chi connectivity index (χ1v) is 8.76. The normalized spacial score (nSPS) is 10.3. The zero-order chi connectivity index (χ0) is 19.2. The lowest BCUT2D eigenvalue weighted by Crippen LogP contribution is -2.23. The van der Waals surface area contributed by atoms with E-state index in [2.05, 4.69) is 41.6 Å². The molecule has 0 aliphatic heterocycles. The fraction of sp³-hybridized carbons (Fsp3) is 0.182. The highest BCUT2D eigenvalue weighted by molar-refractivity contribution is 5.94. The third-order valence-corrected chi connectivity index (χ3v) is 4.43. The lowest BCUT2D eigenvalue weighted by atomic mass is 10.1. The maximum atomic E-state index is 12.5. The second-order valence-electron chi connectivity index (χ2n) is 6.38. The Balaban J connectivity index is 1.69. The van der Waals surface area contributed by atoms with Gasteiger partial charge < -0.3 is 15.4 Å². The van der Waals surface area contributed by atoms with E-state index in [-0.39, 0.29) is 5.91 Å². The van der Waals surface area contributed by atoms with Gasteiger partial charge in [0.2, 0.25) is 0 Å². The van der Waals surface area contributed by atoms with E-state index in [1.165, 1.54) is 11.1 Å². The summed E-state index contributed by atoms with van der Waals surface area (Å²) in [6.45, 7) is 4.53. The van der Waals surface area contributed by atoms with E-state index in [0.29, 0.717) is 12.1 Å². The number of benzene rings is 2. The number of nitrogens with zero attached hydrogens (tertiary/aromatic N) is 1. The van der Waals surface area contributed by atoms with E-state index in [1.807, 2.05) is 30.3 Å². The molecule has 1 aromatic heterocycles. The Bertz CT molecular complexity index is 954. The summed E-state index contributed by atoms with van der Waals surface area (Å²) in [5.41, 5.74) is 5.60. The number of pyridine rings is 1. The number of para-hydroxylation sites is 1. The van der Waals surface area contributed by atoms with Gasteiger partial charge in [-0.1, -0.05) is 24.3 Å². The molecule has 0 aliphatic rings. The second kappa shape index (κ2) is 8.36. The Labute approximate surface area is 159 Å². The highest BCUT2D eigenvalue weighted by Crippen LogP contribution is 2.20. The van der Waals surface area contributed by atoms with Crippen LogP contribution >= 0.6 is 0 Å². The third-order valence-electron chi connectivity index (χ3n) is 4.43. The quantitative estimate of drug-likeness (QED) is 0.684. The Morgan fingerprint density at radius 2 is 1.81 bits per heavy atom. The number of methoxy groups -OCH3 is 1. The van der Waals surface area contributed by atoms with Gasteiger partial charge in [-0.3, -0.25) is 9.78 Å². The summed E-state index contributed by atoms with van der Waals surface area (Å²) < 4.78 is 5.31. The van der Waals surface area contributed by atoms with E-state index in [4.69, 9.17) is 4.74 Å². The van der Waals surface area contributed by atoms with E-state index >= 15 is 0 Å². The van der Waals surface area contributed by atoms with Crippen molar-refractivity contribution in [3.05, 3.63) is 83.2 Å². The van der Waals surface area contributed by atoms with Crippen molar-refractivity contribution in [2.24, 2.45) is 0 Å². The van der Waals surface area contributed by atoms with Crippen LogP contribution in [0.2, 0.25) is 0 Å². The Kier molecular flexibility index (Phi) is 5.71. The molecule has 0 radical (unpaired) electrons. The number of nitrogens with one attached hydrogen (secondary N) is 2. The standard InChI is InChI=1S/C22H23N3O2/c1-15-8-9-19(10-16(15)2)25-20-11-18(12-23-14-20)22(26)24-13-17-6-4-5-7-21(17)27-3/h4-12,14,25H,13H2,1-3H3,(H,24,26). The molecule has 27 heavy (non-hydrogen) atoms. The maximum Gasteiger partial charge on any atom is 0.253 e. The molecule has 3 rings (SSSR count). The van der Waals surface area contributed by atoms with E-state index in [1.54, 1.807) is 25.6 Å². The van der Waals surface area contributed by atoms with Gasteiger partial charge in [0.1, 0.15) is 5.75 Å². The summed E-state index contributed by atoms with van der Waals surface area (Å²) in [6.07, 6.45) is 3.26. The molecule has 5 heteroatoms. The van der Waals surface area contributed by atoms with Gasteiger partial charge in [0, 0.05) is 24.0 Å². The van der Waals surface area contributed by atoms with Crippen molar-refractivity contribution in [3.63, 3.8) is 0 Å². The average molecular weight is 361 g/mol. The first-order chi connectivity index (χ1) is 13.1. The van der Waals surface area contributed by atoms with Crippen molar-refractivity contribution < 1.29 is 9.53 Å². The highest BCUT2D eigenvalue weighted by atomic mass is 16.5. The lowest BCUT2D eigenvalue weighted by molar-refractivity contribution is 0.0950. The predicted molar refractivity (Wildman–Crippen MR) is 108 cm³/mol. The molecule has 3 aromatic rings. The molecule has 0 bridgehead atoms. The topological polar surface area (TPSA) is 63.2 Å². The van der Waals surface area contributed by atoms with Crippen LogP contribution in [0.3, 0.4) is 0 Å². The van der Waals surface area contributed by atoms with Crippen molar-refractivity contribution in [1.82, 2.24) is 10.3 Å². The highest BCUT2D eigenvalue weighted by Gasteiger charge is 2.09. The summed E-state index contributed by atoms with van der Waals surface area (Å²) in [7, 11) is 1.62. The summed E-state index contributed by atoms with van der Waals surface area (Å²) in [6, 6.07) is 15.6. The molecule has 0 saturated carbocycles. The SMILES string of the molecule is COc1ccccc1CNC(=O)c1cncc(Nc2ccc(C)c(C)c2)c1. The number of hydrogen-bond donors (Lipinski definition) is 2.